The Bertz CT molecular complexity index is 529. The van der Waals surface area contributed by atoms with Crippen molar-refractivity contribution in [1.82, 2.24) is 16.0 Å². The van der Waals surface area contributed by atoms with Crippen LogP contribution in [0.1, 0.15) is 40.5 Å². The largest absolute Gasteiger partial charge is 0.480 e. The van der Waals surface area contributed by atoms with Crippen molar-refractivity contribution in [3.05, 3.63) is 0 Å². The molecule has 27 heavy (non-hydrogen) atoms. The Balaban J connectivity index is 5.01. The van der Waals surface area contributed by atoms with Crippen molar-refractivity contribution in [2.45, 2.75) is 58.7 Å². The van der Waals surface area contributed by atoms with E-state index in [2.05, 4.69) is 28.6 Å². The van der Waals surface area contributed by atoms with Crippen LogP contribution in [0.3, 0.4) is 0 Å². The monoisotopic (exact) mass is 404 g/mol. The lowest BCUT2D eigenvalue weighted by molar-refractivity contribution is -0.138. The molecule has 0 bridgehead atoms. The highest BCUT2D eigenvalue weighted by atomic mass is 32.1. The standard InChI is InChI=1S/C17H32N4O5S/c1-5-10(4)14(18)17(26)21-12(8-27)16(25)20-11(6-9(2)3)15(24)19-7-13(22)23/h9-12,14,27H,5-8,18H2,1-4H3,(H,19,24)(H,20,25)(H,21,26)(H,22,23). The molecule has 4 unspecified atom stereocenters. The average molecular weight is 405 g/mol. The number of carboxylic acid groups (broad SMARTS) is 1. The summed E-state index contributed by atoms with van der Waals surface area (Å²) in [6, 6.07) is -2.63. The van der Waals surface area contributed by atoms with Gasteiger partial charge in [-0.1, -0.05) is 34.1 Å². The van der Waals surface area contributed by atoms with Crippen molar-refractivity contribution in [3.63, 3.8) is 0 Å². The lowest BCUT2D eigenvalue weighted by Gasteiger charge is -2.25. The minimum atomic E-state index is -1.18. The second-order valence-electron chi connectivity index (χ2n) is 6.96. The predicted molar refractivity (Wildman–Crippen MR) is 105 cm³/mol. The number of nitrogens with one attached hydrogen (secondary N) is 3. The summed E-state index contributed by atoms with van der Waals surface area (Å²) in [7, 11) is 0. The number of amides is 3. The first-order valence-electron chi connectivity index (χ1n) is 9.00. The molecule has 0 rings (SSSR count). The number of hydrogen-bond acceptors (Lipinski definition) is 6. The maximum Gasteiger partial charge on any atom is 0.322 e. The Morgan fingerprint density at radius 1 is 1.00 bits per heavy atom. The van der Waals surface area contributed by atoms with Gasteiger partial charge in [0, 0.05) is 5.75 Å². The number of hydrogen-bond donors (Lipinski definition) is 6. The number of carboxylic acids is 1. The Labute approximate surface area is 165 Å². The van der Waals surface area contributed by atoms with E-state index in [9.17, 15) is 19.2 Å². The fourth-order valence-electron chi connectivity index (χ4n) is 2.24. The predicted octanol–water partition coefficient (Wildman–Crippen LogP) is -0.494. The fraction of sp³-hybridized carbons (Fsp3) is 0.765. The van der Waals surface area contributed by atoms with Gasteiger partial charge in [-0.25, -0.2) is 0 Å². The number of carbonyl (C=O) groups excluding carboxylic acids is 3. The van der Waals surface area contributed by atoms with Crippen LogP contribution >= 0.6 is 12.6 Å². The van der Waals surface area contributed by atoms with Gasteiger partial charge in [0.05, 0.1) is 6.04 Å². The smallest absolute Gasteiger partial charge is 0.322 e. The second-order valence-corrected chi connectivity index (χ2v) is 7.32. The molecule has 10 heteroatoms. The number of nitrogens with two attached hydrogens (primary N) is 1. The lowest BCUT2D eigenvalue weighted by atomic mass is 9.99. The minimum Gasteiger partial charge on any atom is -0.480 e. The molecule has 0 aliphatic heterocycles. The summed E-state index contributed by atoms with van der Waals surface area (Å²) in [5.41, 5.74) is 5.87. The van der Waals surface area contributed by atoms with E-state index >= 15 is 0 Å². The molecule has 0 aromatic heterocycles. The molecule has 156 valence electrons. The molecule has 0 saturated heterocycles. The van der Waals surface area contributed by atoms with E-state index in [1.165, 1.54) is 0 Å². The van der Waals surface area contributed by atoms with Crippen LogP contribution in [0.2, 0.25) is 0 Å². The third-order valence-electron chi connectivity index (χ3n) is 4.13. The molecule has 0 fully saturated rings. The first-order valence-corrected chi connectivity index (χ1v) is 9.63. The van der Waals surface area contributed by atoms with E-state index in [0.717, 1.165) is 0 Å². The summed E-state index contributed by atoms with van der Waals surface area (Å²) in [4.78, 5) is 47.5. The molecule has 0 aromatic carbocycles. The number of aliphatic carboxylic acids is 1. The molecule has 0 aliphatic rings. The summed E-state index contributed by atoms with van der Waals surface area (Å²) in [5, 5.41) is 16.0. The molecular weight excluding hydrogens is 372 g/mol. The first-order chi connectivity index (χ1) is 12.5. The zero-order valence-electron chi connectivity index (χ0n) is 16.3. The van der Waals surface area contributed by atoms with Gasteiger partial charge in [0.1, 0.15) is 18.6 Å². The van der Waals surface area contributed by atoms with Crippen molar-refractivity contribution in [3.8, 4) is 0 Å². The highest BCUT2D eigenvalue weighted by molar-refractivity contribution is 7.80. The number of thiol groups is 1. The molecule has 3 amide bonds. The van der Waals surface area contributed by atoms with Crippen molar-refractivity contribution < 1.29 is 24.3 Å². The molecule has 0 heterocycles. The van der Waals surface area contributed by atoms with Crippen LogP contribution < -0.4 is 21.7 Å². The van der Waals surface area contributed by atoms with E-state index in [1.807, 2.05) is 27.7 Å². The molecule has 0 radical (unpaired) electrons. The van der Waals surface area contributed by atoms with Gasteiger partial charge in [-0.05, 0) is 18.3 Å². The van der Waals surface area contributed by atoms with E-state index in [-0.39, 0.29) is 17.6 Å². The van der Waals surface area contributed by atoms with E-state index in [4.69, 9.17) is 10.8 Å². The van der Waals surface area contributed by atoms with Gasteiger partial charge in [-0.15, -0.1) is 0 Å². The summed E-state index contributed by atoms with van der Waals surface area (Å²) in [6.07, 6.45) is 1.03. The molecule has 4 atom stereocenters. The lowest BCUT2D eigenvalue weighted by Crippen LogP contribution is -2.57. The molecule has 0 saturated carbocycles. The molecule has 6 N–H and O–H groups in total. The molecule has 0 aliphatic carbocycles. The van der Waals surface area contributed by atoms with Gasteiger partial charge < -0.3 is 26.8 Å². The normalized spacial score (nSPS) is 15.4. The van der Waals surface area contributed by atoms with E-state index in [1.54, 1.807) is 0 Å². The minimum absolute atomic E-state index is 0.0238. The van der Waals surface area contributed by atoms with Gasteiger partial charge >= 0.3 is 5.97 Å². The molecule has 0 spiro atoms. The maximum atomic E-state index is 12.5. The Kier molecular flexibility index (Phi) is 11.7. The quantitative estimate of drug-likeness (QED) is 0.242. The van der Waals surface area contributed by atoms with Crippen LogP contribution in [0.5, 0.6) is 0 Å². The third-order valence-corrected chi connectivity index (χ3v) is 4.49. The number of carbonyl (C=O) groups is 4. The Hall–Kier alpha value is -1.81. The van der Waals surface area contributed by atoms with E-state index in [0.29, 0.717) is 12.8 Å². The molecule has 0 aromatic rings. The van der Waals surface area contributed by atoms with Crippen LogP contribution in [-0.2, 0) is 19.2 Å². The van der Waals surface area contributed by atoms with Gasteiger partial charge in [0.25, 0.3) is 0 Å². The first kappa shape index (κ1) is 25.2. The van der Waals surface area contributed by atoms with Crippen molar-refractivity contribution >= 4 is 36.3 Å². The Morgan fingerprint density at radius 3 is 2.00 bits per heavy atom. The highest BCUT2D eigenvalue weighted by Gasteiger charge is 2.29. The SMILES string of the molecule is CCC(C)C(N)C(=O)NC(CS)C(=O)NC(CC(C)C)C(=O)NCC(=O)O. The molecular formula is C17H32N4O5S. The molecule has 9 nitrogen and oxygen atoms in total. The average Bonchev–Trinajstić information content (AvgIpc) is 2.61. The summed E-state index contributed by atoms with van der Waals surface area (Å²) in [6.45, 7) is 6.94. The van der Waals surface area contributed by atoms with Crippen molar-refractivity contribution in [2.24, 2.45) is 17.6 Å². The van der Waals surface area contributed by atoms with Crippen molar-refractivity contribution in [2.75, 3.05) is 12.3 Å². The van der Waals surface area contributed by atoms with E-state index < -0.39 is 48.4 Å². The maximum absolute atomic E-state index is 12.5. The highest BCUT2D eigenvalue weighted by Crippen LogP contribution is 2.07. The summed E-state index contributed by atoms with van der Waals surface area (Å²) < 4.78 is 0. The van der Waals surface area contributed by atoms with Crippen LogP contribution in [0.25, 0.3) is 0 Å². The third kappa shape index (κ3) is 9.62. The van der Waals surface area contributed by atoms with Gasteiger partial charge in [-0.2, -0.15) is 12.6 Å². The number of rotatable bonds is 12. The van der Waals surface area contributed by atoms with Crippen LogP contribution in [0.15, 0.2) is 0 Å². The second kappa shape index (κ2) is 12.6. The van der Waals surface area contributed by atoms with Crippen LogP contribution in [0, 0.1) is 11.8 Å². The zero-order valence-corrected chi connectivity index (χ0v) is 17.2. The summed E-state index contributed by atoms with van der Waals surface area (Å²) in [5.74, 6) is -2.77. The fourth-order valence-corrected chi connectivity index (χ4v) is 2.49. The van der Waals surface area contributed by atoms with Gasteiger partial charge in [0.15, 0.2) is 0 Å². The van der Waals surface area contributed by atoms with Crippen LogP contribution in [0.4, 0.5) is 0 Å². The zero-order chi connectivity index (χ0) is 21.1. The van der Waals surface area contributed by atoms with Crippen molar-refractivity contribution in [1.29, 1.82) is 0 Å². The Morgan fingerprint density at radius 2 is 1.56 bits per heavy atom. The summed E-state index contributed by atoms with van der Waals surface area (Å²) >= 11 is 4.09. The van der Waals surface area contributed by atoms with Gasteiger partial charge in [-0.3, -0.25) is 19.2 Å². The van der Waals surface area contributed by atoms with Gasteiger partial charge in [0.2, 0.25) is 17.7 Å². The topological polar surface area (TPSA) is 151 Å². The van der Waals surface area contributed by atoms with Crippen LogP contribution in [-0.4, -0.2) is 59.2 Å².